The molecule has 2 fully saturated rings. The molecule has 2 aliphatic rings. The zero-order valence-corrected chi connectivity index (χ0v) is 11.8. The number of carbonyl (C=O) groups excluding carboxylic acids is 1. The highest BCUT2D eigenvalue weighted by Gasteiger charge is 2.42. The van der Waals surface area contributed by atoms with E-state index in [1.807, 2.05) is 24.3 Å². The van der Waals surface area contributed by atoms with Gasteiger partial charge in [-0.3, -0.25) is 4.79 Å². The van der Waals surface area contributed by atoms with Crippen molar-refractivity contribution in [3.63, 3.8) is 0 Å². The maximum absolute atomic E-state index is 12.4. The van der Waals surface area contributed by atoms with Crippen LogP contribution in [0.3, 0.4) is 0 Å². The summed E-state index contributed by atoms with van der Waals surface area (Å²) in [5, 5.41) is 7.14. The summed E-state index contributed by atoms with van der Waals surface area (Å²) >= 11 is 0. The van der Waals surface area contributed by atoms with Gasteiger partial charge in [0.05, 0.1) is 5.69 Å². The molecule has 1 aromatic carbocycles. The summed E-state index contributed by atoms with van der Waals surface area (Å²) in [6.07, 6.45) is 8.04. The number of rotatable bonds is 3. The van der Waals surface area contributed by atoms with E-state index in [0.717, 1.165) is 23.7 Å². The molecule has 0 saturated heterocycles. The lowest BCUT2D eigenvalue weighted by atomic mass is 9.88. The van der Waals surface area contributed by atoms with Gasteiger partial charge in [-0.1, -0.05) is 6.42 Å². The van der Waals surface area contributed by atoms with E-state index in [9.17, 15) is 4.79 Å². The van der Waals surface area contributed by atoms with Gasteiger partial charge in [0, 0.05) is 11.6 Å². The van der Waals surface area contributed by atoms with Crippen molar-refractivity contribution < 1.29 is 4.79 Å². The summed E-state index contributed by atoms with van der Waals surface area (Å²) in [5.74, 6) is 1.82. The molecule has 3 unspecified atom stereocenters. The van der Waals surface area contributed by atoms with Gasteiger partial charge in [-0.25, -0.2) is 9.67 Å². The van der Waals surface area contributed by atoms with Crippen LogP contribution in [0.5, 0.6) is 0 Å². The van der Waals surface area contributed by atoms with Gasteiger partial charge in [0.2, 0.25) is 5.91 Å². The van der Waals surface area contributed by atoms with Gasteiger partial charge in [0.1, 0.15) is 12.7 Å². The van der Waals surface area contributed by atoms with E-state index in [-0.39, 0.29) is 11.8 Å². The van der Waals surface area contributed by atoms with Gasteiger partial charge in [-0.15, -0.1) is 0 Å². The first kappa shape index (κ1) is 12.6. The molecule has 0 aliphatic heterocycles. The lowest BCUT2D eigenvalue weighted by Crippen LogP contribution is -2.27. The number of nitrogens with one attached hydrogen (secondary N) is 1. The first-order valence-corrected chi connectivity index (χ1v) is 7.55. The monoisotopic (exact) mass is 282 g/mol. The maximum Gasteiger partial charge on any atom is 0.227 e. The number of carbonyl (C=O) groups is 1. The molecule has 5 nitrogen and oxygen atoms in total. The minimum absolute atomic E-state index is 0.190. The van der Waals surface area contributed by atoms with Crippen molar-refractivity contribution in [1.82, 2.24) is 14.8 Å². The Hall–Kier alpha value is -2.17. The Morgan fingerprint density at radius 2 is 2.05 bits per heavy atom. The van der Waals surface area contributed by atoms with Gasteiger partial charge in [-0.05, 0) is 55.4 Å². The number of amides is 1. The zero-order valence-electron chi connectivity index (χ0n) is 11.8. The molecule has 2 bridgehead atoms. The number of hydrogen-bond donors (Lipinski definition) is 1. The van der Waals surface area contributed by atoms with Crippen LogP contribution in [0.2, 0.25) is 0 Å². The number of fused-ring (bicyclic) bond motifs is 2. The highest BCUT2D eigenvalue weighted by atomic mass is 16.1. The Kier molecular flexibility index (Phi) is 2.98. The van der Waals surface area contributed by atoms with Gasteiger partial charge in [0.15, 0.2) is 0 Å². The number of aromatic nitrogens is 3. The average Bonchev–Trinajstić information content (AvgIpc) is 3.25. The van der Waals surface area contributed by atoms with Gasteiger partial charge < -0.3 is 5.32 Å². The summed E-state index contributed by atoms with van der Waals surface area (Å²) in [4.78, 5) is 16.3. The van der Waals surface area contributed by atoms with E-state index in [1.54, 1.807) is 11.0 Å². The van der Waals surface area contributed by atoms with Crippen molar-refractivity contribution in [3.8, 4) is 5.69 Å². The molecule has 5 heteroatoms. The van der Waals surface area contributed by atoms with Crippen LogP contribution in [0.25, 0.3) is 5.69 Å². The molecule has 1 amide bonds. The standard InChI is InChI=1S/C16H18N4O/c21-16(15-8-11-1-2-12(15)7-11)19-13-3-5-14(6-4-13)20-10-17-9-18-20/h3-6,9-12,15H,1-2,7-8H2,(H,19,21). The second-order valence-corrected chi connectivity index (χ2v) is 6.16. The fourth-order valence-electron chi connectivity index (χ4n) is 3.84. The van der Waals surface area contributed by atoms with E-state index >= 15 is 0 Å². The highest BCUT2D eigenvalue weighted by molar-refractivity contribution is 5.93. The van der Waals surface area contributed by atoms with Crippen molar-refractivity contribution in [1.29, 1.82) is 0 Å². The van der Waals surface area contributed by atoms with Crippen molar-refractivity contribution in [2.24, 2.45) is 17.8 Å². The maximum atomic E-state index is 12.4. The van der Waals surface area contributed by atoms with Gasteiger partial charge in [-0.2, -0.15) is 5.10 Å². The van der Waals surface area contributed by atoms with Gasteiger partial charge in [0.25, 0.3) is 0 Å². The predicted octanol–water partition coefficient (Wildman–Crippen LogP) is 2.64. The minimum Gasteiger partial charge on any atom is -0.326 e. The second kappa shape index (κ2) is 4.98. The summed E-state index contributed by atoms with van der Waals surface area (Å²) in [6, 6.07) is 7.71. The van der Waals surface area contributed by atoms with Crippen molar-refractivity contribution in [2.75, 3.05) is 5.32 Å². The third-order valence-electron chi connectivity index (χ3n) is 4.89. The molecular formula is C16H18N4O. The first-order chi connectivity index (χ1) is 10.3. The van der Waals surface area contributed by atoms with E-state index in [4.69, 9.17) is 0 Å². The predicted molar refractivity (Wildman–Crippen MR) is 78.9 cm³/mol. The number of benzene rings is 1. The minimum atomic E-state index is 0.190. The van der Waals surface area contributed by atoms with E-state index in [0.29, 0.717) is 5.92 Å². The largest absolute Gasteiger partial charge is 0.326 e. The number of hydrogen-bond acceptors (Lipinski definition) is 3. The Balaban J connectivity index is 1.44. The lowest BCUT2D eigenvalue weighted by Gasteiger charge is -2.20. The molecular weight excluding hydrogens is 264 g/mol. The molecule has 2 aliphatic carbocycles. The molecule has 2 saturated carbocycles. The third-order valence-corrected chi connectivity index (χ3v) is 4.89. The summed E-state index contributed by atoms with van der Waals surface area (Å²) in [5.41, 5.74) is 1.79. The SMILES string of the molecule is O=C(Nc1ccc(-n2cncn2)cc1)C1CC2CCC1C2. The molecule has 0 radical (unpaired) electrons. The van der Waals surface area contributed by atoms with Crippen LogP contribution in [0.1, 0.15) is 25.7 Å². The Morgan fingerprint density at radius 1 is 1.19 bits per heavy atom. The normalized spacial score (nSPS) is 27.0. The van der Waals surface area contributed by atoms with Crippen LogP contribution in [-0.4, -0.2) is 20.7 Å². The van der Waals surface area contributed by atoms with Crippen LogP contribution >= 0.6 is 0 Å². The van der Waals surface area contributed by atoms with Gasteiger partial charge >= 0.3 is 0 Å². The number of nitrogens with zero attached hydrogens (tertiary/aromatic N) is 3. The third kappa shape index (κ3) is 2.33. The Morgan fingerprint density at radius 3 is 2.67 bits per heavy atom. The molecule has 108 valence electrons. The van der Waals surface area contributed by atoms with Crippen molar-refractivity contribution in [3.05, 3.63) is 36.9 Å². The zero-order chi connectivity index (χ0) is 14.2. The highest BCUT2D eigenvalue weighted by Crippen LogP contribution is 2.48. The van der Waals surface area contributed by atoms with Crippen LogP contribution in [0.15, 0.2) is 36.9 Å². The van der Waals surface area contributed by atoms with E-state index in [1.165, 1.54) is 25.6 Å². The first-order valence-electron chi connectivity index (χ1n) is 7.55. The molecule has 3 atom stereocenters. The van der Waals surface area contributed by atoms with Crippen LogP contribution in [-0.2, 0) is 4.79 Å². The topological polar surface area (TPSA) is 59.8 Å². The molecule has 21 heavy (non-hydrogen) atoms. The average molecular weight is 282 g/mol. The van der Waals surface area contributed by atoms with Crippen LogP contribution in [0, 0.1) is 17.8 Å². The fraction of sp³-hybridized carbons (Fsp3) is 0.438. The summed E-state index contributed by atoms with van der Waals surface area (Å²) < 4.78 is 1.70. The smallest absolute Gasteiger partial charge is 0.227 e. The second-order valence-electron chi connectivity index (χ2n) is 6.16. The van der Waals surface area contributed by atoms with E-state index in [2.05, 4.69) is 15.4 Å². The summed E-state index contributed by atoms with van der Waals surface area (Å²) in [6.45, 7) is 0. The van der Waals surface area contributed by atoms with E-state index < -0.39 is 0 Å². The lowest BCUT2D eigenvalue weighted by molar-refractivity contribution is -0.121. The molecule has 1 heterocycles. The van der Waals surface area contributed by atoms with Crippen LogP contribution < -0.4 is 5.32 Å². The van der Waals surface area contributed by atoms with Crippen LogP contribution in [0.4, 0.5) is 5.69 Å². The quantitative estimate of drug-likeness (QED) is 0.941. The molecule has 0 spiro atoms. The number of anilines is 1. The Bertz CT molecular complexity index is 635. The van der Waals surface area contributed by atoms with Crippen molar-refractivity contribution in [2.45, 2.75) is 25.7 Å². The van der Waals surface area contributed by atoms with Crippen molar-refractivity contribution >= 4 is 11.6 Å². The molecule has 2 aromatic rings. The fourth-order valence-corrected chi connectivity index (χ4v) is 3.84. The molecule has 1 aromatic heterocycles. The summed E-state index contributed by atoms with van der Waals surface area (Å²) in [7, 11) is 0. The Labute approximate surface area is 123 Å². The molecule has 1 N–H and O–H groups in total. The molecule has 4 rings (SSSR count).